The molecule has 0 amide bonds. The van der Waals surface area contributed by atoms with Crippen molar-refractivity contribution < 1.29 is 4.74 Å². The van der Waals surface area contributed by atoms with E-state index in [2.05, 4.69) is 16.7 Å². The molecule has 4 rings (SSSR count). The van der Waals surface area contributed by atoms with Crippen LogP contribution < -0.4 is 20.4 Å². The zero-order valence-electron chi connectivity index (χ0n) is 14.7. The summed E-state index contributed by atoms with van der Waals surface area (Å²) in [6.07, 6.45) is 3.42. The highest BCUT2D eigenvalue weighted by Crippen LogP contribution is 2.13. The lowest BCUT2D eigenvalue weighted by Gasteiger charge is -2.02. The lowest BCUT2D eigenvalue weighted by Crippen LogP contribution is -2.26. The Morgan fingerprint density at radius 1 is 1.07 bits per heavy atom. The van der Waals surface area contributed by atoms with Crippen LogP contribution >= 0.6 is 11.3 Å². The van der Waals surface area contributed by atoms with Gasteiger partial charge in [0, 0.05) is 5.56 Å². The van der Waals surface area contributed by atoms with Crippen molar-refractivity contribution in [3.05, 3.63) is 98.1 Å². The van der Waals surface area contributed by atoms with Crippen molar-refractivity contribution in [3.8, 4) is 17.0 Å². The van der Waals surface area contributed by atoms with Crippen LogP contribution in [0.15, 0.2) is 76.8 Å². The first-order valence-electron chi connectivity index (χ1n) is 8.50. The fraction of sp³-hybridized carbons (Fsp3) is 0.0476. The van der Waals surface area contributed by atoms with Gasteiger partial charge in [0.2, 0.25) is 4.96 Å². The van der Waals surface area contributed by atoms with Crippen molar-refractivity contribution in [2.75, 3.05) is 6.61 Å². The number of hydrogen-bond acceptors (Lipinski definition) is 6. The van der Waals surface area contributed by atoms with Gasteiger partial charge in [-0.3, -0.25) is 9.59 Å². The van der Waals surface area contributed by atoms with Gasteiger partial charge in [-0.15, -0.1) is 0 Å². The minimum Gasteiger partial charge on any atom is -0.490 e. The number of rotatable bonds is 5. The molecular formula is C21H15N3O3S. The van der Waals surface area contributed by atoms with Crippen LogP contribution in [-0.4, -0.2) is 21.2 Å². The molecule has 0 aliphatic rings. The van der Waals surface area contributed by atoms with Crippen molar-refractivity contribution in [2.24, 2.45) is 0 Å². The first-order valence-corrected chi connectivity index (χ1v) is 9.32. The van der Waals surface area contributed by atoms with Gasteiger partial charge in [0.15, 0.2) is 5.69 Å². The fourth-order valence-corrected chi connectivity index (χ4v) is 3.56. The van der Waals surface area contributed by atoms with Gasteiger partial charge in [-0.2, -0.15) is 14.6 Å². The zero-order valence-corrected chi connectivity index (χ0v) is 15.6. The van der Waals surface area contributed by atoms with Gasteiger partial charge < -0.3 is 4.74 Å². The third kappa shape index (κ3) is 3.47. The molecule has 6 nitrogen and oxygen atoms in total. The molecule has 0 N–H and O–H groups in total. The zero-order chi connectivity index (χ0) is 19.5. The second kappa shape index (κ2) is 7.58. The van der Waals surface area contributed by atoms with Crippen molar-refractivity contribution in [1.82, 2.24) is 14.6 Å². The van der Waals surface area contributed by atoms with E-state index in [1.54, 1.807) is 36.4 Å². The SMILES string of the molecule is C=CCOc1ccc(/C=c2\sc3nc(=O)c(-c4ccccc4)nn3c2=O)cc1. The Morgan fingerprint density at radius 2 is 1.82 bits per heavy atom. The van der Waals surface area contributed by atoms with Crippen LogP contribution in [0.2, 0.25) is 0 Å². The molecule has 0 aliphatic heterocycles. The Balaban J connectivity index is 1.78. The number of hydrogen-bond donors (Lipinski definition) is 0. The summed E-state index contributed by atoms with van der Waals surface area (Å²) in [5.74, 6) is 0.719. The molecule has 2 heterocycles. The highest BCUT2D eigenvalue weighted by atomic mass is 32.1. The van der Waals surface area contributed by atoms with Gasteiger partial charge in [-0.1, -0.05) is 66.5 Å². The van der Waals surface area contributed by atoms with Crippen LogP contribution in [0.1, 0.15) is 5.56 Å². The lowest BCUT2D eigenvalue weighted by molar-refractivity contribution is 0.363. The van der Waals surface area contributed by atoms with Gasteiger partial charge >= 0.3 is 5.56 Å². The average molecular weight is 389 g/mol. The van der Waals surface area contributed by atoms with Gasteiger partial charge in [-0.05, 0) is 23.8 Å². The molecule has 0 saturated heterocycles. The number of thiazole rings is 1. The summed E-state index contributed by atoms with van der Waals surface area (Å²) in [6.45, 7) is 4.04. The summed E-state index contributed by atoms with van der Waals surface area (Å²) >= 11 is 1.13. The largest absolute Gasteiger partial charge is 0.490 e. The Morgan fingerprint density at radius 3 is 2.54 bits per heavy atom. The Labute approximate surface area is 163 Å². The van der Waals surface area contributed by atoms with Gasteiger partial charge in [-0.25, -0.2) is 0 Å². The van der Waals surface area contributed by atoms with Crippen LogP contribution in [0.3, 0.4) is 0 Å². The summed E-state index contributed by atoms with van der Waals surface area (Å²) in [4.78, 5) is 29.4. The molecule has 7 heteroatoms. The third-order valence-electron chi connectivity index (χ3n) is 3.98. The first-order chi connectivity index (χ1) is 13.7. The summed E-state index contributed by atoms with van der Waals surface area (Å²) in [6, 6.07) is 16.3. The van der Waals surface area contributed by atoms with E-state index in [1.807, 2.05) is 30.3 Å². The van der Waals surface area contributed by atoms with E-state index in [1.165, 1.54) is 4.52 Å². The lowest BCUT2D eigenvalue weighted by atomic mass is 10.2. The normalized spacial score (nSPS) is 11.6. The minimum atomic E-state index is -0.456. The van der Waals surface area contributed by atoms with E-state index in [9.17, 15) is 9.59 Å². The van der Waals surface area contributed by atoms with Crippen molar-refractivity contribution in [2.45, 2.75) is 0 Å². The van der Waals surface area contributed by atoms with Crippen molar-refractivity contribution in [3.63, 3.8) is 0 Å². The molecule has 2 aromatic carbocycles. The quantitative estimate of drug-likeness (QED) is 0.490. The number of ether oxygens (including phenoxy) is 1. The second-order valence-corrected chi connectivity index (χ2v) is 6.92. The Bertz CT molecular complexity index is 1310. The standard InChI is InChI=1S/C21H15N3O3S/c1-2-12-27-16-10-8-14(9-11-16)13-17-20(26)24-21(28-17)22-19(25)18(23-24)15-6-4-3-5-7-15/h2-11,13H,1,12H2/b17-13-. The Hall–Kier alpha value is -3.58. The minimum absolute atomic E-state index is 0.156. The summed E-state index contributed by atoms with van der Waals surface area (Å²) in [7, 11) is 0. The van der Waals surface area contributed by atoms with E-state index in [-0.39, 0.29) is 16.2 Å². The molecule has 138 valence electrons. The highest BCUT2D eigenvalue weighted by molar-refractivity contribution is 7.15. The molecule has 0 bridgehead atoms. The molecule has 0 aliphatic carbocycles. The molecule has 0 spiro atoms. The number of benzene rings is 2. The van der Waals surface area contributed by atoms with Crippen LogP contribution in [0.5, 0.6) is 5.75 Å². The van der Waals surface area contributed by atoms with Crippen LogP contribution in [-0.2, 0) is 0 Å². The fourth-order valence-electron chi connectivity index (χ4n) is 2.65. The van der Waals surface area contributed by atoms with Crippen LogP contribution in [0.4, 0.5) is 0 Å². The summed E-state index contributed by atoms with van der Waals surface area (Å²) in [5, 5.41) is 4.24. The van der Waals surface area contributed by atoms with Crippen molar-refractivity contribution in [1.29, 1.82) is 0 Å². The topological polar surface area (TPSA) is 73.6 Å². The van der Waals surface area contributed by atoms with E-state index in [0.29, 0.717) is 16.7 Å². The summed E-state index contributed by atoms with van der Waals surface area (Å²) in [5.41, 5.74) is 0.851. The molecule has 0 atom stereocenters. The summed E-state index contributed by atoms with van der Waals surface area (Å²) < 4.78 is 7.08. The first kappa shape index (κ1) is 17.8. The number of aromatic nitrogens is 3. The predicted octanol–water partition coefficient (Wildman–Crippen LogP) is 2.29. The van der Waals surface area contributed by atoms with E-state index in [4.69, 9.17) is 4.74 Å². The van der Waals surface area contributed by atoms with Crippen molar-refractivity contribution >= 4 is 22.4 Å². The molecule has 2 aromatic heterocycles. The molecule has 0 radical (unpaired) electrons. The van der Waals surface area contributed by atoms with Crippen LogP contribution in [0, 0.1) is 0 Å². The number of fused-ring (bicyclic) bond motifs is 1. The molecule has 0 fully saturated rings. The number of nitrogens with zero attached hydrogens (tertiary/aromatic N) is 3. The molecule has 4 aromatic rings. The predicted molar refractivity (Wildman–Crippen MR) is 110 cm³/mol. The molecule has 0 saturated carbocycles. The van der Waals surface area contributed by atoms with Gasteiger partial charge in [0.1, 0.15) is 12.4 Å². The third-order valence-corrected chi connectivity index (χ3v) is 4.94. The van der Waals surface area contributed by atoms with E-state index in [0.717, 1.165) is 22.6 Å². The van der Waals surface area contributed by atoms with E-state index >= 15 is 0 Å². The highest BCUT2D eigenvalue weighted by Gasteiger charge is 2.12. The van der Waals surface area contributed by atoms with Gasteiger partial charge in [0.25, 0.3) is 5.56 Å². The monoisotopic (exact) mass is 389 g/mol. The molecule has 0 unspecified atom stereocenters. The second-order valence-electron chi connectivity index (χ2n) is 5.91. The molecular weight excluding hydrogens is 374 g/mol. The maximum atomic E-state index is 12.7. The maximum absolute atomic E-state index is 12.7. The smallest absolute Gasteiger partial charge is 0.300 e. The van der Waals surface area contributed by atoms with E-state index < -0.39 is 5.56 Å². The average Bonchev–Trinajstić information content (AvgIpc) is 3.02. The molecule has 28 heavy (non-hydrogen) atoms. The Kier molecular flexibility index (Phi) is 4.82. The van der Waals surface area contributed by atoms with Crippen LogP contribution in [0.25, 0.3) is 22.3 Å². The maximum Gasteiger partial charge on any atom is 0.300 e. The van der Waals surface area contributed by atoms with Gasteiger partial charge in [0.05, 0.1) is 4.53 Å².